The van der Waals surface area contributed by atoms with Crippen molar-refractivity contribution in [3.05, 3.63) is 95.9 Å². The molecule has 0 amide bonds. The first-order valence-electron chi connectivity index (χ1n) is 8.10. The third-order valence-corrected chi connectivity index (χ3v) is 3.76. The van der Waals surface area contributed by atoms with Crippen molar-refractivity contribution in [1.82, 2.24) is 15.2 Å². The number of hydrogen-bond donors (Lipinski definition) is 1. The Balaban J connectivity index is 0.000000157. The number of aryl methyl sites for hydroxylation is 1. The zero-order valence-electron chi connectivity index (χ0n) is 14.0. The number of nitrogens with one attached hydrogen (secondary N) is 1. The number of carbonyl (C=O) groups is 1. The molecular weight excluding hydrogens is 310 g/mol. The summed E-state index contributed by atoms with van der Waals surface area (Å²) >= 11 is 0. The summed E-state index contributed by atoms with van der Waals surface area (Å²) < 4.78 is 0. The summed E-state index contributed by atoms with van der Waals surface area (Å²) in [5.74, 6) is 0.0677. The molecule has 0 aliphatic rings. The SMILES string of the molecule is Cc1cccc(CC(=O)c2ccn[nH]2)c1.c1ccc2ncccc2c1. The second-order valence-corrected chi connectivity index (χ2v) is 5.76. The lowest BCUT2D eigenvalue weighted by Crippen LogP contribution is -2.04. The van der Waals surface area contributed by atoms with Crippen molar-refractivity contribution in [2.24, 2.45) is 0 Å². The molecule has 1 N–H and O–H groups in total. The summed E-state index contributed by atoms with van der Waals surface area (Å²) in [5.41, 5.74) is 3.83. The van der Waals surface area contributed by atoms with Crippen LogP contribution in [0.15, 0.2) is 79.1 Å². The van der Waals surface area contributed by atoms with Crippen LogP contribution in [0, 0.1) is 6.92 Å². The van der Waals surface area contributed by atoms with Gasteiger partial charge in [0.1, 0.15) is 5.69 Å². The van der Waals surface area contributed by atoms with Gasteiger partial charge < -0.3 is 0 Å². The number of Topliss-reactive ketones (excluding diaryl/α,β-unsaturated/α-hetero) is 1. The van der Waals surface area contributed by atoms with Crippen LogP contribution in [-0.2, 0) is 6.42 Å². The van der Waals surface area contributed by atoms with Gasteiger partial charge in [-0.3, -0.25) is 14.9 Å². The van der Waals surface area contributed by atoms with E-state index in [4.69, 9.17) is 0 Å². The Morgan fingerprint density at radius 2 is 1.80 bits per heavy atom. The zero-order valence-corrected chi connectivity index (χ0v) is 14.0. The van der Waals surface area contributed by atoms with Gasteiger partial charge in [-0.15, -0.1) is 0 Å². The first kappa shape index (κ1) is 16.6. The van der Waals surface area contributed by atoms with Crippen molar-refractivity contribution in [2.45, 2.75) is 13.3 Å². The Bertz CT molecular complexity index is 896. The number of carbonyl (C=O) groups excluding carboxylic acids is 1. The fourth-order valence-electron chi connectivity index (χ4n) is 2.53. The van der Waals surface area contributed by atoms with Gasteiger partial charge >= 0.3 is 0 Å². The molecule has 4 heteroatoms. The minimum atomic E-state index is 0.0677. The van der Waals surface area contributed by atoms with E-state index >= 15 is 0 Å². The summed E-state index contributed by atoms with van der Waals surface area (Å²) in [4.78, 5) is 15.9. The largest absolute Gasteiger partial charge is 0.292 e. The number of hydrogen-bond acceptors (Lipinski definition) is 3. The molecule has 2 aromatic heterocycles. The number of pyridine rings is 1. The fraction of sp³-hybridized carbons (Fsp3) is 0.0952. The van der Waals surface area contributed by atoms with E-state index in [-0.39, 0.29) is 5.78 Å². The lowest BCUT2D eigenvalue weighted by molar-refractivity contribution is 0.0988. The van der Waals surface area contributed by atoms with Crippen molar-refractivity contribution in [2.75, 3.05) is 0 Å². The van der Waals surface area contributed by atoms with Gasteiger partial charge in [-0.25, -0.2) is 0 Å². The number of ketones is 1. The molecule has 0 unspecified atom stereocenters. The first-order chi connectivity index (χ1) is 12.2. The molecule has 4 aromatic rings. The van der Waals surface area contributed by atoms with Gasteiger partial charge in [0.05, 0.1) is 5.52 Å². The van der Waals surface area contributed by atoms with E-state index in [0.29, 0.717) is 12.1 Å². The lowest BCUT2D eigenvalue weighted by Gasteiger charge is -2.00. The van der Waals surface area contributed by atoms with Crippen LogP contribution in [0.2, 0.25) is 0 Å². The van der Waals surface area contributed by atoms with Gasteiger partial charge in [0, 0.05) is 24.2 Å². The van der Waals surface area contributed by atoms with Crippen LogP contribution in [0.1, 0.15) is 21.6 Å². The number of H-pyrrole nitrogens is 1. The van der Waals surface area contributed by atoms with E-state index in [1.807, 2.05) is 61.7 Å². The maximum absolute atomic E-state index is 11.7. The molecule has 4 nitrogen and oxygen atoms in total. The molecule has 0 bridgehead atoms. The maximum Gasteiger partial charge on any atom is 0.184 e. The average molecular weight is 329 g/mol. The molecule has 2 heterocycles. The number of para-hydroxylation sites is 1. The van der Waals surface area contributed by atoms with Crippen molar-refractivity contribution < 1.29 is 4.79 Å². The standard InChI is InChI=1S/C12H12N2O.C9H7N/c1-9-3-2-4-10(7-9)8-12(15)11-5-6-13-14-11;1-2-6-9-8(4-1)5-3-7-10-9/h2-7H,8H2,1H3,(H,13,14);1-7H. The Morgan fingerprint density at radius 3 is 2.56 bits per heavy atom. The molecule has 4 rings (SSSR count). The topological polar surface area (TPSA) is 58.6 Å². The second-order valence-electron chi connectivity index (χ2n) is 5.76. The van der Waals surface area contributed by atoms with E-state index < -0.39 is 0 Å². The van der Waals surface area contributed by atoms with Crippen molar-refractivity contribution in [3.63, 3.8) is 0 Å². The summed E-state index contributed by atoms with van der Waals surface area (Å²) in [6.07, 6.45) is 3.82. The van der Waals surface area contributed by atoms with Gasteiger partial charge in [0.25, 0.3) is 0 Å². The van der Waals surface area contributed by atoms with Crippen LogP contribution in [-0.4, -0.2) is 21.0 Å². The van der Waals surface area contributed by atoms with E-state index in [0.717, 1.165) is 11.1 Å². The van der Waals surface area contributed by atoms with Gasteiger partial charge in [-0.2, -0.15) is 5.10 Å². The number of aromatic nitrogens is 3. The smallest absolute Gasteiger partial charge is 0.184 e. The molecule has 0 spiro atoms. The highest BCUT2D eigenvalue weighted by atomic mass is 16.1. The predicted molar refractivity (Wildman–Crippen MR) is 99.5 cm³/mol. The summed E-state index contributed by atoms with van der Waals surface area (Å²) in [5, 5.41) is 7.63. The molecule has 0 aliphatic heterocycles. The van der Waals surface area contributed by atoms with E-state index in [9.17, 15) is 4.79 Å². The number of rotatable bonds is 3. The number of aromatic amines is 1. The third-order valence-electron chi connectivity index (χ3n) is 3.76. The highest BCUT2D eigenvalue weighted by Crippen LogP contribution is 2.08. The zero-order chi connectivity index (χ0) is 17.5. The number of benzene rings is 2. The van der Waals surface area contributed by atoms with Crippen LogP contribution in [0.25, 0.3) is 10.9 Å². The monoisotopic (exact) mass is 329 g/mol. The molecule has 0 aliphatic carbocycles. The van der Waals surface area contributed by atoms with E-state index in [2.05, 4.69) is 27.3 Å². The highest BCUT2D eigenvalue weighted by Gasteiger charge is 2.07. The molecule has 0 saturated carbocycles. The predicted octanol–water partition coefficient (Wildman–Crippen LogP) is 4.38. The minimum Gasteiger partial charge on any atom is -0.292 e. The molecule has 2 aromatic carbocycles. The van der Waals surface area contributed by atoms with Crippen LogP contribution in [0.4, 0.5) is 0 Å². The Hall–Kier alpha value is -3.27. The van der Waals surface area contributed by atoms with Crippen molar-refractivity contribution in [1.29, 1.82) is 0 Å². The Morgan fingerprint density at radius 1 is 0.960 bits per heavy atom. The van der Waals surface area contributed by atoms with Gasteiger partial charge in [0.2, 0.25) is 0 Å². The molecule has 0 radical (unpaired) electrons. The number of fused-ring (bicyclic) bond motifs is 1. The quantitative estimate of drug-likeness (QED) is 0.568. The minimum absolute atomic E-state index is 0.0677. The first-order valence-corrected chi connectivity index (χ1v) is 8.10. The van der Waals surface area contributed by atoms with E-state index in [1.165, 1.54) is 10.9 Å². The third kappa shape index (κ3) is 4.61. The maximum atomic E-state index is 11.7. The van der Waals surface area contributed by atoms with Crippen LogP contribution < -0.4 is 0 Å². The summed E-state index contributed by atoms with van der Waals surface area (Å²) in [6.45, 7) is 2.02. The molecular formula is C21H19N3O. The molecule has 0 atom stereocenters. The van der Waals surface area contributed by atoms with Gasteiger partial charge in [-0.1, -0.05) is 54.1 Å². The van der Waals surface area contributed by atoms with Gasteiger partial charge in [0.15, 0.2) is 5.78 Å². The molecule has 0 fully saturated rings. The van der Waals surface area contributed by atoms with Crippen molar-refractivity contribution in [3.8, 4) is 0 Å². The Kier molecular flexibility index (Phi) is 5.32. The van der Waals surface area contributed by atoms with Crippen LogP contribution in [0.5, 0.6) is 0 Å². The van der Waals surface area contributed by atoms with Gasteiger partial charge in [-0.05, 0) is 30.7 Å². The average Bonchev–Trinajstić information content (AvgIpc) is 3.17. The van der Waals surface area contributed by atoms with Crippen LogP contribution in [0.3, 0.4) is 0 Å². The highest BCUT2D eigenvalue weighted by molar-refractivity contribution is 5.95. The second kappa shape index (κ2) is 8.02. The van der Waals surface area contributed by atoms with E-state index in [1.54, 1.807) is 12.3 Å². The lowest BCUT2D eigenvalue weighted by atomic mass is 10.1. The normalized spacial score (nSPS) is 10.1. The molecule has 124 valence electrons. The molecule has 25 heavy (non-hydrogen) atoms. The Labute approximate surface area is 146 Å². The summed E-state index contributed by atoms with van der Waals surface area (Å²) in [6, 6.07) is 21.7. The van der Waals surface area contributed by atoms with Crippen molar-refractivity contribution >= 4 is 16.7 Å². The number of nitrogens with zero attached hydrogens (tertiary/aromatic N) is 2. The van der Waals surface area contributed by atoms with Crippen LogP contribution >= 0.6 is 0 Å². The fourth-order valence-corrected chi connectivity index (χ4v) is 2.53. The molecule has 0 saturated heterocycles. The summed E-state index contributed by atoms with van der Waals surface area (Å²) in [7, 11) is 0.